The van der Waals surface area contributed by atoms with E-state index in [1.165, 1.54) is 59.4 Å². The third kappa shape index (κ3) is 22.3. The molecule has 0 aromatic carbocycles. The smallest absolute Gasteiger partial charge is 0.310 e. The van der Waals surface area contributed by atoms with Crippen molar-refractivity contribution >= 4 is 151 Å². The van der Waals surface area contributed by atoms with Crippen molar-refractivity contribution in [2.75, 3.05) is 161 Å². The van der Waals surface area contributed by atoms with Gasteiger partial charge in [-0.2, -0.15) is 0 Å². The van der Waals surface area contributed by atoms with Gasteiger partial charge in [0.2, 0.25) is 23.5 Å². The van der Waals surface area contributed by atoms with E-state index in [4.69, 9.17) is 45.8 Å². The maximum Gasteiger partial charge on any atom is 0.310 e. The molecule has 0 saturated heterocycles. The van der Waals surface area contributed by atoms with E-state index in [0.29, 0.717) is 39.6 Å². The first-order chi connectivity index (χ1) is 58.0. The van der Waals surface area contributed by atoms with Gasteiger partial charge in [0.15, 0.2) is 56.0 Å². The Morgan fingerprint density at radius 3 is 1.79 bits per heavy atom. The van der Waals surface area contributed by atoms with Crippen molar-refractivity contribution in [1.82, 2.24) is 44.9 Å². The number of aromatic nitrogens is 9. The van der Waals surface area contributed by atoms with Gasteiger partial charge >= 0.3 is 5.95 Å². The van der Waals surface area contributed by atoms with Crippen LogP contribution in [-0.2, 0) is 12.8 Å². The normalized spacial score (nSPS) is 14.7. The molecule has 0 atom stereocenters. The molecular weight excluding hydrogens is 1600 g/mol. The van der Waals surface area contributed by atoms with Gasteiger partial charge in [0.05, 0.1) is 147 Å². The molecule has 14 aliphatic rings. The Kier molecular flexibility index (Phi) is 28.0. The first kappa shape index (κ1) is 78.8. The first-order valence-corrected chi connectivity index (χ1v) is 41.6. The molecular formula is C77H85N25O10S5. The topological polar surface area (TPSA) is 438 Å². The van der Waals surface area contributed by atoms with E-state index in [-0.39, 0.29) is 0 Å². The zero-order valence-corrected chi connectivity index (χ0v) is 66.7. The van der Waals surface area contributed by atoms with Crippen LogP contribution in [0.5, 0.6) is 29.1 Å². The predicted octanol–water partition coefficient (Wildman–Crippen LogP) is 17.5. The summed E-state index contributed by atoms with van der Waals surface area (Å²) >= 11 is 8.91. The van der Waals surface area contributed by atoms with Gasteiger partial charge in [-0.15, -0.1) is 35.3 Å². The molecule has 14 aromatic rings. The van der Waals surface area contributed by atoms with Gasteiger partial charge < -0.3 is 161 Å². The van der Waals surface area contributed by atoms with E-state index < -0.39 is 0 Å². The minimum Gasteiger partial charge on any atom is -0.470 e. The van der Waals surface area contributed by atoms with E-state index in [1.807, 2.05) is 158 Å². The highest BCUT2D eigenvalue weighted by Crippen LogP contribution is 2.38. The standard InChI is InChI=1S/2C7H8N2.C6H6N2O.2C6H6N2S.C5H7N3.3C5H6N2O.C5H6N2S.2C5H5NO2.2C5H5NOS/c1-2-6-7(8-4-1)3-5-9-6;1-2-6-3-5-9-7(6)8-4-1;1-2-7-3-6-5(1)8-4-9-6;1-2-7-3-5-6(1)9-4-8-5;1-2-7-3-6-5(1)8-4-9-6;1-2-6-5-4(1)7-3-8-5;1-2-8-5-4(1)6-3-7-5;1-2-6-5-4(1)8-3-7-5;1-2-6-5-4(1)7-3-8-5;1-2-6-5-4(1)8-3-7-5;1-2-7-5-4(1)8-3-6-5;1-2-7-5-4(1)6-3-8-5;1-2-7-5-4(1)8-3-6-5;1-2-7-5-4(1)6-3-8-5/h2*1,3-5,8-9H,2H2;3*1-3,8H,4H2;1-2,6-8H,3H2;4*1-2,6-7H,3H2;4*1-2,6H,3H2. The summed E-state index contributed by atoms with van der Waals surface area (Å²) in [5, 5.41) is 50.3. The molecule has 28 rings (SSSR count). The van der Waals surface area contributed by atoms with Crippen LogP contribution in [0.15, 0.2) is 262 Å². The Hall–Kier alpha value is -13.4. The highest BCUT2D eigenvalue weighted by Gasteiger charge is 2.19. The lowest BCUT2D eigenvalue weighted by atomic mass is 10.2. The van der Waals surface area contributed by atoms with Crippen molar-refractivity contribution in [2.45, 2.75) is 37.5 Å². The Labute approximate surface area is 691 Å². The van der Waals surface area contributed by atoms with Crippen molar-refractivity contribution in [3.63, 3.8) is 0 Å². The van der Waals surface area contributed by atoms with Gasteiger partial charge in [-0.3, -0.25) is 15.0 Å². The molecule has 14 aliphatic heterocycles. The van der Waals surface area contributed by atoms with Gasteiger partial charge in [-0.1, -0.05) is 35.7 Å². The Balaban J connectivity index is 0.0000000987. The molecule has 608 valence electrons. The predicted molar refractivity (Wildman–Crippen MR) is 465 cm³/mol. The molecule has 0 fully saturated rings. The molecule has 0 amide bonds. The highest BCUT2D eigenvalue weighted by atomic mass is 32.2. The van der Waals surface area contributed by atoms with Crippen LogP contribution in [0, 0.1) is 0 Å². The largest absolute Gasteiger partial charge is 0.470 e. The summed E-state index contributed by atoms with van der Waals surface area (Å²) in [6, 6.07) is 27.4. The number of aromatic amines is 6. The molecule has 22 N–H and O–H groups in total. The molecule has 0 radical (unpaired) electrons. The number of H-pyrrole nitrogens is 6. The van der Waals surface area contributed by atoms with Gasteiger partial charge in [0.1, 0.15) is 29.0 Å². The van der Waals surface area contributed by atoms with Crippen molar-refractivity contribution in [3.8, 4) is 29.1 Å². The molecule has 14 aromatic heterocycles. The lowest BCUT2D eigenvalue weighted by Crippen LogP contribution is -2.00. The number of anilines is 16. The SMILES string of the molecule is C1=CNc2[nH]ccc2C1.C1=CNc2cc[nH]c2C1.c1cc2c([nH]1)NCN2.c1cc2c([nH]1)NCO2.c1cc2c([nH]1)NCS2.c1cc2c([nH]1)OCN2.c1cc2c(cn1)NCS2.c1cc2c(cn1)OCN2.c1cc2c(cn1)SCN2.c1cc2c(o1)NCN2.c1cc2c(o1)NCO2.c1cc2c(o1)NCS2.c1cc2c(o1)OCN2.c1cc2c(o1)SCN2. The van der Waals surface area contributed by atoms with E-state index in [9.17, 15) is 0 Å². The van der Waals surface area contributed by atoms with Crippen molar-refractivity contribution in [1.29, 1.82) is 0 Å². The molecule has 0 spiro atoms. The van der Waals surface area contributed by atoms with Crippen LogP contribution in [0.2, 0.25) is 0 Å². The van der Waals surface area contributed by atoms with Crippen LogP contribution in [-0.4, -0.2) is 121 Å². The number of nitrogens with zero attached hydrogens (tertiary/aromatic N) is 3. The van der Waals surface area contributed by atoms with E-state index in [1.54, 1.807) is 91.3 Å². The average Bonchev–Trinajstić information content (AvgIpc) is 1.69. The van der Waals surface area contributed by atoms with Crippen molar-refractivity contribution in [2.24, 2.45) is 0 Å². The van der Waals surface area contributed by atoms with Crippen LogP contribution in [0.25, 0.3) is 0 Å². The number of hydrogen-bond donors (Lipinski definition) is 22. The summed E-state index contributed by atoms with van der Waals surface area (Å²) in [6.45, 7) is 4.48. The number of ether oxygens (including phenoxy) is 5. The number of rotatable bonds is 0. The second-order valence-corrected chi connectivity index (χ2v) is 29.7. The van der Waals surface area contributed by atoms with Crippen LogP contribution >= 0.6 is 58.8 Å². The molecule has 0 saturated carbocycles. The molecule has 28 heterocycles. The number of fused-ring (bicyclic) bond motifs is 14. The Bertz CT molecular complexity index is 4300. The van der Waals surface area contributed by atoms with E-state index in [2.05, 4.69) is 154 Å². The van der Waals surface area contributed by atoms with E-state index >= 15 is 0 Å². The maximum atomic E-state index is 5.12. The minimum absolute atomic E-state index is 0.537. The average molecular weight is 1680 g/mol. The quantitative estimate of drug-likeness (QED) is 0.0670. The van der Waals surface area contributed by atoms with Crippen molar-refractivity contribution in [3.05, 3.63) is 226 Å². The van der Waals surface area contributed by atoms with Crippen LogP contribution in [0.1, 0.15) is 11.3 Å². The molecule has 117 heavy (non-hydrogen) atoms. The third-order valence-electron chi connectivity index (χ3n) is 17.3. The number of nitrogens with one attached hydrogen (secondary N) is 22. The molecule has 0 bridgehead atoms. The van der Waals surface area contributed by atoms with Crippen LogP contribution in [0.3, 0.4) is 0 Å². The fraction of sp³-hybridized carbons (Fsp3) is 0.182. The van der Waals surface area contributed by atoms with Gasteiger partial charge in [-0.05, 0) is 79.0 Å². The third-order valence-corrected chi connectivity index (χ3v) is 21.9. The summed E-state index contributed by atoms with van der Waals surface area (Å²) in [7, 11) is 0. The number of hydrogen-bond acceptors (Lipinski definition) is 34. The molecule has 0 aliphatic carbocycles. The highest BCUT2D eigenvalue weighted by molar-refractivity contribution is 8.00. The zero-order valence-electron chi connectivity index (χ0n) is 62.6. The lowest BCUT2D eigenvalue weighted by molar-refractivity contribution is 0.283. The summed E-state index contributed by atoms with van der Waals surface area (Å²) in [5.41, 5.74) is 12.6. The fourth-order valence-corrected chi connectivity index (χ4v) is 15.5. The van der Waals surface area contributed by atoms with E-state index in [0.717, 1.165) is 147 Å². The Morgan fingerprint density at radius 2 is 0.923 bits per heavy atom. The summed E-state index contributed by atoms with van der Waals surface area (Å²) in [5.74, 6) is 15.9. The lowest BCUT2D eigenvalue weighted by Gasteiger charge is -2.05. The molecule has 0 unspecified atom stereocenters. The monoisotopic (exact) mass is 1680 g/mol. The second-order valence-electron chi connectivity index (χ2n) is 24.6. The maximum absolute atomic E-state index is 5.12. The fourth-order valence-electron chi connectivity index (χ4n) is 11.5. The first-order valence-electron chi connectivity index (χ1n) is 36.7. The van der Waals surface area contributed by atoms with Crippen molar-refractivity contribution < 1.29 is 45.8 Å². The van der Waals surface area contributed by atoms with Gasteiger partial charge in [0, 0.05) is 109 Å². The number of thioether (sulfide) groups is 5. The Morgan fingerprint density at radius 1 is 0.299 bits per heavy atom. The number of pyridine rings is 3. The molecule has 35 nitrogen and oxygen atoms in total. The number of allylic oxidation sites excluding steroid dienone is 2. The summed E-state index contributed by atoms with van der Waals surface area (Å²) in [4.78, 5) is 35.3. The summed E-state index contributed by atoms with van der Waals surface area (Å²) in [6.07, 6.45) is 40.7. The van der Waals surface area contributed by atoms with Crippen LogP contribution in [0.4, 0.5) is 92.1 Å². The zero-order chi connectivity index (χ0) is 79.1. The molecule has 40 heteroatoms. The minimum atomic E-state index is 0.537. The summed E-state index contributed by atoms with van der Waals surface area (Å²) < 4.78 is 50.2. The second kappa shape index (κ2) is 41.6. The van der Waals surface area contributed by atoms with Crippen LogP contribution < -0.4 is 109 Å². The van der Waals surface area contributed by atoms with Gasteiger partial charge in [0.25, 0.3) is 0 Å². The number of furan rings is 5. The van der Waals surface area contributed by atoms with Gasteiger partial charge in [-0.25, -0.2) is 0 Å².